The maximum atomic E-state index is 12.8. The maximum absolute atomic E-state index is 12.8. The quantitative estimate of drug-likeness (QED) is 0.563. The molecule has 0 aliphatic carbocycles. The van der Waals surface area contributed by atoms with Gasteiger partial charge in [-0.05, 0) is 51.8 Å². The number of esters is 1. The van der Waals surface area contributed by atoms with E-state index in [-0.39, 0.29) is 23.8 Å². The van der Waals surface area contributed by atoms with Crippen molar-refractivity contribution < 1.29 is 28.4 Å². The van der Waals surface area contributed by atoms with Gasteiger partial charge in [0.2, 0.25) is 11.7 Å². The van der Waals surface area contributed by atoms with Gasteiger partial charge in [-0.15, -0.1) is 0 Å². The Morgan fingerprint density at radius 3 is 2.71 bits per heavy atom. The fraction of sp³-hybridized carbons (Fsp3) is 0.435. The summed E-state index contributed by atoms with van der Waals surface area (Å²) in [7, 11) is 1.31. The van der Waals surface area contributed by atoms with E-state index in [0.29, 0.717) is 29.7 Å². The Labute approximate surface area is 196 Å². The SMILES string of the molecule is COC(=O)c1ccc2c(c1)nc(NC(=O)c1ccno1)n2CC1CCCN1C(=O)OC(C)(C)C. The highest BCUT2D eigenvalue weighted by molar-refractivity contribution is 6.02. The normalized spacial score (nSPS) is 16.0. The molecule has 180 valence electrons. The van der Waals surface area contributed by atoms with E-state index in [9.17, 15) is 14.4 Å². The summed E-state index contributed by atoms with van der Waals surface area (Å²) in [6.45, 7) is 6.44. The van der Waals surface area contributed by atoms with Crippen LogP contribution in [0.3, 0.4) is 0 Å². The molecule has 3 aromatic rings. The Bertz CT molecular complexity index is 1210. The highest BCUT2D eigenvalue weighted by atomic mass is 16.6. The molecule has 0 radical (unpaired) electrons. The molecule has 4 rings (SSSR count). The zero-order chi connectivity index (χ0) is 24.5. The van der Waals surface area contributed by atoms with Crippen LogP contribution in [0.15, 0.2) is 35.0 Å². The van der Waals surface area contributed by atoms with Crippen molar-refractivity contribution in [1.29, 1.82) is 0 Å². The van der Waals surface area contributed by atoms with E-state index < -0.39 is 17.5 Å². The smallest absolute Gasteiger partial charge is 0.410 e. The number of likely N-dealkylation sites (tertiary alicyclic amines) is 1. The monoisotopic (exact) mass is 469 g/mol. The zero-order valence-electron chi connectivity index (χ0n) is 19.5. The van der Waals surface area contributed by atoms with Gasteiger partial charge in [-0.2, -0.15) is 0 Å². The average Bonchev–Trinajstić information content (AvgIpc) is 3.53. The Morgan fingerprint density at radius 2 is 2.03 bits per heavy atom. The summed E-state index contributed by atoms with van der Waals surface area (Å²) < 4.78 is 17.1. The molecule has 11 nitrogen and oxygen atoms in total. The minimum Gasteiger partial charge on any atom is -0.465 e. The second kappa shape index (κ2) is 9.16. The van der Waals surface area contributed by atoms with Gasteiger partial charge in [-0.25, -0.2) is 14.6 Å². The summed E-state index contributed by atoms with van der Waals surface area (Å²) in [5, 5.41) is 6.31. The van der Waals surface area contributed by atoms with E-state index in [1.165, 1.54) is 19.4 Å². The van der Waals surface area contributed by atoms with E-state index in [0.717, 1.165) is 12.8 Å². The first-order valence-corrected chi connectivity index (χ1v) is 11.0. The number of carbonyl (C=O) groups excluding carboxylic acids is 3. The molecule has 2 aromatic heterocycles. The standard InChI is InChI=1S/C23H27N5O6/c1-23(2,3)33-22(31)27-11-5-6-15(27)13-28-17-8-7-14(20(30)32-4)12-16(17)25-21(28)26-19(29)18-9-10-24-34-18/h7-10,12,15H,5-6,11,13H2,1-4H3,(H,25,26,29). The Morgan fingerprint density at radius 1 is 1.24 bits per heavy atom. The van der Waals surface area contributed by atoms with Crippen molar-refractivity contribution in [2.24, 2.45) is 0 Å². The lowest BCUT2D eigenvalue weighted by Gasteiger charge is -2.29. The number of fused-ring (bicyclic) bond motifs is 1. The molecule has 11 heteroatoms. The molecule has 1 aliphatic heterocycles. The van der Waals surface area contributed by atoms with E-state index >= 15 is 0 Å². The van der Waals surface area contributed by atoms with Gasteiger partial charge in [0.25, 0.3) is 5.91 Å². The van der Waals surface area contributed by atoms with Crippen molar-refractivity contribution in [1.82, 2.24) is 19.6 Å². The minimum atomic E-state index is -0.605. The summed E-state index contributed by atoms with van der Waals surface area (Å²) in [5.41, 5.74) is 0.921. The number of rotatable bonds is 5. The van der Waals surface area contributed by atoms with Crippen LogP contribution in [0.2, 0.25) is 0 Å². The van der Waals surface area contributed by atoms with Crippen molar-refractivity contribution in [2.45, 2.75) is 51.8 Å². The second-order valence-electron chi connectivity index (χ2n) is 9.04. The van der Waals surface area contributed by atoms with Gasteiger partial charge in [-0.1, -0.05) is 5.16 Å². The van der Waals surface area contributed by atoms with E-state index in [1.807, 2.05) is 25.3 Å². The van der Waals surface area contributed by atoms with Crippen LogP contribution in [0, 0.1) is 0 Å². The summed E-state index contributed by atoms with van der Waals surface area (Å²) in [4.78, 5) is 43.6. The fourth-order valence-corrected chi connectivity index (χ4v) is 3.95. The zero-order valence-corrected chi connectivity index (χ0v) is 19.5. The first kappa shape index (κ1) is 23.3. The van der Waals surface area contributed by atoms with Crippen LogP contribution in [-0.2, 0) is 16.0 Å². The number of hydrogen-bond donors (Lipinski definition) is 1. The average molecular weight is 469 g/mol. The van der Waals surface area contributed by atoms with Crippen LogP contribution in [-0.4, -0.2) is 62.9 Å². The molecule has 1 N–H and O–H groups in total. The van der Waals surface area contributed by atoms with E-state index in [2.05, 4.69) is 15.5 Å². The molecule has 1 unspecified atom stereocenters. The maximum Gasteiger partial charge on any atom is 0.410 e. The third-order valence-corrected chi connectivity index (χ3v) is 5.45. The molecule has 3 heterocycles. The lowest BCUT2D eigenvalue weighted by molar-refractivity contribution is 0.0214. The van der Waals surface area contributed by atoms with Gasteiger partial charge < -0.3 is 23.5 Å². The highest BCUT2D eigenvalue weighted by Gasteiger charge is 2.33. The summed E-state index contributed by atoms with van der Waals surface area (Å²) in [6.07, 6.45) is 2.61. The Kier molecular flexibility index (Phi) is 6.27. The van der Waals surface area contributed by atoms with Crippen LogP contribution < -0.4 is 5.32 Å². The molecule has 1 aromatic carbocycles. The van der Waals surface area contributed by atoms with Gasteiger partial charge >= 0.3 is 12.1 Å². The van der Waals surface area contributed by atoms with Gasteiger partial charge in [0.15, 0.2) is 0 Å². The number of benzene rings is 1. The van der Waals surface area contributed by atoms with Gasteiger partial charge in [0.1, 0.15) is 5.60 Å². The highest BCUT2D eigenvalue weighted by Crippen LogP contribution is 2.27. The number of nitrogens with zero attached hydrogens (tertiary/aromatic N) is 4. The molecule has 1 saturated heterocycles. The Hall–Kier alpha value is -3.89. The minimum absolute atomic E-state index is 0.0325. The molecule has 34 heavy (non-hydrogen) atoms. The van der Waals surface area contributed by atoms with Crippen molar-refractivity contribution in [2.75, 3.05) is 19.0 Å². The molecule has 1 atom stereocenters. The predicted molar refractivity (Wildman–Crippen MR) is 121 cm³/mol. The summed E-state index contributed by atoms with van der Waals surface area (Å²) >= 11 is 0. The number of nitrogens with one attached hydrogen (secondary N) is 1. The third-order valence-electron chi connectivity index (χ3n) is 5.45. The number of aromatic nitrogens is 3. The summed E-state index contributed by atoms with van der Waals surface area (Å²) in [6, 6.07) is 6.26. The largest absolute Gasteiger partial charge is 0.465 e. The molecular weight excluding hydrogens is 442 g/mol. The first-order chi connectivity index (χ1) is 16.2. The number of imidazole rings is 1. The van der Waals surface area contributed by atoms with Crippen molar-refractivity contribution in [3.8, 4) is 0 Å². The van der Waals surface area contributed by atoms with Crippen molar-refractivity contribution in [3.05, 3.63) is 41.8 Å². The number of ether oxygens (including phenoxy) is 2. The number of amides is 2. The molecule has 0 spiro atoms. The van der Waals surface area contributed by atoms with Gasteiger partial charge in [0.05, 0.1) is 35.9 Å². The van der Waals surface area contributed by atoms with Crippen LogP contribution >= 0.6 is 0 Å². The Balaban J connectivity index is 1.68. The van der Waals surface area contributed by atoms with Crippen molar-refractivity contribution in [3.63, 3.8) is 0 Å². The molecule has 0 saturated carbocycles. The molecule has 0 bridgehead atoms. The van der Waals surface area contributed by atoms with Crippen LogP contribution in [0.4, 0.5) is 10.7 Å². The molecule has 1 aliphatic rings. The third kappa shape index (κ3) is 4.87. The first-order valence-electron chi connectivity index (χ1n) is 11.0. The summed E-state index contributed by atoms with van der Waals surface area (Å²) in [5.74, 6) is -0.715. The second-order valence-corrected chi connectivity index (χ2v) is 9.04. The number of methoxy groups -OCH3 is 1. The lowest BCUT2D eigenvalue weighted by atomic mass is 10.2. The van der Waals surface area contributed by atoms with E-state index in [4.69, 9.17) is 14.0 Å². The lowest BCUT2D eigenvalue weighted by Crippen LogP contribution is -2.41. The predicted octanol–water partition coefficient (Wildman–Crippen LogP) is 3.46. The number of hydrogen-bond acceptors (Lipinski definition) is 8. The number of carbonyl (C=O) groups is 3. The molecule has 1 fully saturated rings. The number of anilines is 1. The van der Waals surface area contributed by atoms with Crippen LogP contribution in [0.25, 0.3) is 11.0 Å². The van der Waals surface area contributed by atoms with Crippen molar-refractivity contribution >= 4 is 35.0 Å². The fourth-order valence-electron chi connectivity index (χ4n) is 3.95. The molecule has 2 amide bonds. The van der Waals surface area contributed by atoms with Crippen LogP contribution in [0.5, 0.6) is 0 Å². The van der Waals surface area contributed by atoms with Gasteiger partial charge in [-0.3, -0.25) is 10.1 Å². The van der Waals surface area contributed by atoms with Gasteiger partial charge in [0, 0.05) is 19.2 Å². The topological polar surface area (TPSA) is 129 Å². The van der Waals surface area contributed by atoms with Crippen LogP contribution in [0.1, 0.15) is 54.5 Å². The molecular formula is C23H27N5O6. The van der Waals surface area contributed by atoms with E-state index in [1.54, 1.807) is 23.1 Å².